The highest BCUT2D eigenvalue weighted by Crippen LogP contribution is 2.52. The summed E-state index contributed by atoms with van der Waals surface area (Å²) in [6.45, 7) is 3.05. The molecule has 0 radical (unpaired) electrons. The molecule has 2 fully saturated rings. The van der Waals surface area contributed by atoms with E-state index in [9.17, 15) is 9.59 Å². The molecule has 8 heteroatoms. The minimum absolute atomic E-state index is 0.00772. The highest BCUT2D eigenvalue weighted by atomic mass is 35.5. The molecule has 3 aromatic rings. The monoisotopic (exact) mass is 447 g/mol. The molecular weight excluding hydrogens is 426 g/mol. The maximum atomic E-state index is 13.7. The van der Waals surface area contributed by atoms with Crippen molar-refractivity contribution in [2.75, 3.05) is 13.1 Å². The summed E-state index contributed by atoms with van der Waals surface area (Å²) in [5, 5.41) is 5.09. The molecule has 2 aliphatic heterocycles. The Morgan fingerprint density at radius 3 is 2.50 bits per heavy atom. The third-order valence-electron chi connectivity index (χ3n) is 6.73. The maximum Gasteiger partial charge on any atom is 0.273 e. The molecule has 7 nitrogen and oxygen atoms in total. The van der Waals surface area contributed by atoms with Gasteiger partial charge in [0.2, 0.25) is 0 Å². The lowest BCUT2D eigenvalue weighted by Gasteiger charge is -2.46. The number of aromatic nitrogens is 3. The molecule has 32 heavy (non-hydrogen) atoms. The van der Waals surface area contributed by atoms with Crippen LogP contribution < -0.4 is 0 Å². The SMILES string of the molecule is Cc1nn(-c2ccccc2)c2c1C(C1CC1)N(C1CN(C(=O)c3ccc(Cl)nc3)C1)C2=O. The van der Waals surface area contributed by atoms with Crippen molar-refractivity contribution < 1.29 is 9.59 Å². The second kappa shape index (κ2) is 7.17. The first-order chi connectivity index (χ1) is 15.5. The van der Waals surface area contributed by atoms with Gasteiger partial charge in [0.15, 0.2) is 0 Å². The van der Waals surface area contributed by atoms with Gasteiger partial charge < -0.3 is 9.80 Å². The van der Waals surface area contributed by atoms with Crippen molar-refractivity contribution in [1.82, 2.24) is 24.6 Å². The normalized spacial score (nSPS) is 20.4. The molecule has 6 rings (SSSR count). The van der Waals surface area contributed by atoms with Crippen LogP contribution in [0.3, 0.4) is 0 Å². The zero-order chi connectivity index (χ0) is 22.0. The number of nitrogens with zero attached hydrogens (tertiary/aromatic N) is 5. The van der Waals surface area contributed by atoms with E-state index in [1.54, 1.807) is 21.7 Å². The molecule has 2 aromatic heterocycles. The van der Waals surface area contributed by atoms with Gasteiger partial charge in [0.25, 0.3) is 11.8 Å². The lowest BCUT2D eigenvalue weighted by Crippen LogP contribution is -2.62. The third kappa shape index (κ3) is 2.95. The lowest BCUT2D eigenvalue weighted by molar-refractivity contribution is 0.0115. The van der Waals surface area contributed by atoms with Gasteiger partial charge in [0.05, 0.1) is 29.0 Å². The first-order valence-electron chi connectivity index (χ1n) is 10.9. The minimum Gasteiger partial charge on any atom is -0.334 e. The molecule has 1 saturated heterocycles. The minimum atomic E-state index is -0.0795. The molecule has 4 heterocycles. The largest absolute Gasteiger partial charge is 0.334 e. The van der Waals surface area contributed by atoms with Crippen LogP contribution in [0, 0.1) is 12.8 Å². The van der Waals surface area contributed by atoms with Crippen molar-refractivity contribution in [3.8, 4) is 5.69 Å². The van der Waals surface area contributed by atoms with Crippen molar-refractivity contribution >= 4 is 23.4 Å². The van der Waals surface area contributed by atoms with Crippen molar-refractivity contribution in [3.63, 3.8) is 0 Å². The summed E-state index contributed by atoms with van der Waals surface area (Å²) >= 11 is 5.84. The van der Waals surface area contributed by atoms with E-state index in [1.807, 2.05) is 42.2 Å². The third-order valence-corrected chi connectivity index (χ3v) is 6.95. The first kappa shape index (κ1) is 19.5. The zero-order valence-electron chi connectivity index (χ0n) is 17.6. The van der Waals surface area contributed by atoms with Crippen molar-refractivity contribution in [2.45, 2.75) is 31.8 Å². The van der Waals surface area contributed by atoms with Gasteiger partial charge in [-0.25, -0.2) is 9.67 Å². The average Bonchev–Trinajstić information content (AvgIpc) is 3.49. The molecule has 3 aliphatic rings. The van der Waals surface area contributed by atoms with Crippen LogP contribution in [0.5, 0.6) is 0 Å². The molecule has 1 aliphatic carbocycles. The highest BCUT2D eigenvalue weighted by molar-refractivity contribution is 6.29. The van der Waals surface area contributed by atoms with Crippen LogP contribution in [0.4, 0.5) is 0 Å². The number of pyridine rings is 1. The highest BCUT2D eigenvalue weighted by Gasteiger charge is 2.53. The van der Waals surface area contributed by atoms with Crippen LogP contribution in [-0.2, 0) is 0 Å². The second-order valence-electron chi connectivity index (χ2n) is 8.82. The van der Waals surface area contributed by atoms with Crippen LogP contribution in [0.2, 0.25) is 5.15 Å². The topological polar surface area (TPSA) is 71.3 Å². The molecule has 162 valence electrons. The van der Waals surface area contributed by atoms with Gasteiger partial charge >= 0.3 is 0 Å². The molecule has 1 unspecified atom stereocenters. The van der Waals surface area contributed by atoms with Crippen molar-refractivity contribution in [3.05, 3.63) is 76.3 Å². The predicted octanol–water partition coefficient (Wildman–Crippen LogP) is 3.66. The van der Waals surface area contributed by atoms with Crippen LogP contribution in [0.15, 0.2) is 48.7 Å². The van der Waals surface area contributed by atoms with Crippen molar-refractivity contribution in [2.24, 2.45) is 5.92 Å². The summed E-state index contributed by atoms with van der Waals surface area (Å²) in [4.78, 5) is 34.3. The first-order valence-corrected chi connectivity index (χ1v) is 11.3. The Bertz CT molecular complexity index is 1210. The number of para-hydroxylation sites is 1. The Labute approximate surface area is 190 Å². The van der Waals surface area contributed by atoms with Crippen LogP contribution in [-0.4, -0.2) is 55.5 Å². The molecule has 1 saturated carbocycles. The second-order valence-corrected chi connectivity index (χ2v) is 9.21. The van der Waals surface area contributed by atoms with E-state index in [1.165, 1.54) is 6.20 Å². The molecular formula is C24H22ClN5O2. The van der Waals surface area contributed by atoms with Crippen LogP contribution in [0.1, 0.15) is 51.0 Å². The average molecular weight is 448 g/mol. The number of carbonyl (C=O) groups excluding carboxylic acids is 2. The van der Waals surface area contributed by atoms with E-state index >= 15 is 0 Å². The summed E-state index contributed by atoms with van der Waals surface area (Å²) in [6.07, 6.45) is 3.74. The quantitative estimate of drug-likeness (QED) is 0.572. The smallest absolute Gasteiger partial charge is 0.273 e. The van der Waals surface area contributed by atoms with Gasteiger partial charge in [-0.05, 0) is 49.9 Å². The van der Waals surface area contributed by atoms with E-state index < -0.39 is 0 Å². The number of benzene rings is 1. The molecule has 1 aromatic carbocycles. The van der Waals surface area contributed by atoms with E-state index in [2.05, 4.69) is 4.98 Å². The maximum absolute atomic E-state index is 13.7. The summed E-state index contributed by atoms with van der Waals surface area (Å²) < 4.78 is 1.79. The van der Waals surface area contributed by atoms with Gasteiger partial charge in [-0.1, -0.05) is 29.8 Å². The Hall–Kier alpha value is -3.19. The summed E-state index contributed by atoms with van der Waals surface area (Å²) in [5.74, 6) is 0.411. The Balaban J connectivity index is 1.28. The van der Waals surface area contributed by atoms with Crippen LogP contribution in [0.25, 0.3) is 5.69 Å². The Kier molecular flexibility index (Phi) is 4.37. The van der Waals surface area contributed by atoms with Gasteiger partial charge in [0, 0.05) is 24.8 Å². The van der Waals surface area contributed by atoms with E-state index in [0.29, 0.717) is 35.4 Å². The van der Waals surface area contributed by atoms with Crippen molar-refractivity contribution in [1.29, 1.82) is 0 Å². The summed E-state index contributed by atoms with van der Waals surface area (Å²) in [5.41, 5.74) is 4.06. The number of amides is 2. The lowest BCUT2D eigenvalue weighted by atomic mass is 9.99. The fourth-order valence-electron chi connectivity index (χ4n) is 4.99. The molecule has 1 atom stereocenters. The zero-order valence-corrected chi connectivity index (χ0v) is 18.4. The number of fused-ring (bicyclic) bond motifs is 1. The fourth-order valence-corrected chi connectivity index (χ4v) is 5.10. The van der Waals surface area contributed by atoms with Crippen LogP contribution >= 0.6 is 11.6 Å². The van der Waals surface area contributed by atoms with E-state index in [0.717, 1.165) is 29.8 Å². The molecule has 0 N–H and O–H groups in total. The molecule has 2 amide bonds. The molecule has 0 bridgehead atoms. The summed E-state index contributed by atoms with van der Waals surface area (Å²) in [6, 6.07) is 13.2. The van der Waals surface area contributed by atoms with E-state index in [4.69, 9.17) is 16.7 Å². The number of aryl methyl sites for hydroxylation is 1. The van der Waals surface area contributed by atoms with Gasteiger partial charge in [-0.3, -0.25) is 9.59 Å². The fraction of sp³-hybridized carbons (Fsp3) is 0.333. The molecule has 0 spiro atoms. The van der Waals surface area contributed by atoms with Gasteiger partial charge in [-0.15, -0.1) is 0 Å². The number of likely N-dealkylation sites (tertiary alicyclic amines) is 1. The number of hydrogen-bond donors (Lipinski definition) is 0. The number of carbonyl (C=O) groups is 2. The summed E-state index contributed by atoms with van der Waals surface area (Å²) in [7, 11) is 0. The van der Waals surface area contributed by atoms with Gasteiger partial charge in [0.1, 0.15) is 10.8 Å². The number of halogens is 1. The van der Waals surface area contributed by atoms with E-state index in [-0.39, 0.29) is 23.9 Å². The number of rotatable bonds is 4. The standard InChI is InChI=1S/C24H22ClN5O2/c1-14-20-21(15-7-8-15)29(24(32)22(20)30(27-14)17-5-3-2-4-6-17)18-12-28(13-18)23(31)16-9-10-19(25)26-11-16/h2-6,9-11,15,18,21H,7-8,12-13H2,1H3. The Morgan fingerprint density at radius 1 is 1.09 bits per heavy atom. The Morgan fingerprint density at radius 2 is 1.84 bits per heavy atom. The van der Waals surface area contributed by atoms with Gasteiger partial charge in [-0.2, -0.15) is 5.10 Å². The predicted molar refractivity (Wildman–Crippen MR) is 119 cm³/mol. The number of hydrogen-bond acceptors (Lipinski definition) is 4.